The van der Waals surface area contributed by atoms with Gasteiger partial charge in [0.05, 0.1) is 0 Å². The lowest BCUT2D eigenvalue weighted by atomic mass is 9.99. The Morgan fingerprint density at radius 1 is 1.27 bits per heavy atom. The number of H-pyrrole nitrogens is 1. The van der Waals surface area contributed by atoms with Gasteiger partial charge in [-0.2, -0.15) is 5.10 Å². The Bertz CT molecular complexity index is 1160. The zero-order valence-corrected chi connectivity index (χ0v) is 19.8. The molecule has 1 amide bonds. The molecule has 3 aromatic rings. The molecule has 0 radical (unpaired) electrons. The van der Waals surface area contributed by atoms with E-state index in [2.05, 4.69) is 21.0 Å². The lowest BCUT2D eigenvalue weighted by molar-refractivity contribution is -0.130. The molecule has 174 valence electrons. The van der Waals surface area contributed by atoms with Gasteiger partial charge in [-0.25, -0.2) is 4.39 Å². The van der Waals surface area contributed by atoms with Crippen molar-refractivity contribution in [3.8, 4) is 11.4 Å². The highest BCUT2D eigenvalue weighted by Crippen LogP contribution is 2.25. The number of carbonyl (C=O) groups excluding carboxylic acids is 1. The molecule has 0 saturated carbocycles. The van der Waals surface area contributed by atoms with Crippen molar-refractivity contribution in [3.05, 3.63) is 69.7 Å². The number of halogens is 2. The second-order valence-corrected chi connectivity index (χ2v) is 9.05. The van der Waals surface area contributed by atoms with E-state index in [4.69, 9.17) is 23.8 Å². The third-order valence-electron chi connectivity index (χ3n) is 5.86. The Hall–Kier alpha value is -2.59. The second kappa shape index (κ2) is 10.6. The molecule has 1 aliphatic heterocycles. The maximum Gasteiger partial charge on any atom is 0.242 e. The number of aromatic amines is 1. The Balaban J connectivity index is 1.27. The summed E-state index contributed by atoms with van der Waals surface area (Å²) in [4.78, 5) is 14.5. The number of nitrogens with zero attached hydrogens (tertiary/aromatic N) is 3. The zero-order valence-electron chi connectivity index (χ0n) is 18.2. The van der Waals surface area contributed by atoms with Gasteiger partial charge in [0.25, 0.3) is 0 Å². The van der Waals surface area contributed by atoms with E-state index in [-0.39, 0.29) is 30.4 Å². The molecule has 0 bridgehead atoms. The molecule has 2 aromatic carbocycles. The minimum absolute atomic E-state index is 0.0437. The Morgan fingerprint density at radius 3 is 2.82 bits per heavy atom. The fourth-order valence-electron chi connectivity index (χ4n) is 3.99. The van der Waals surface area contributed by atoms with Gasteiger partial charge in [0.2, 0.25) is 5.91 Å². The van der Waals surface area contributed by atoms with Crippen LogP contribution in [0.25, 0.3) is 11.4 Å². The Kier molecular flexibility index (Phi) is 7.54. The van der Waals surface area contributed by atoms with Crippen molar-refractivity contribution in [2.45, 2.75) is 37.9 Å². The molecule has 3 N–H and O–H groups in total. The van der Waals surface area contributed by atoms with Crippen molar-refractivity contribution < 1.29 is 9.18 Å². The third-order valence-corrected chi connectivity index (χ3v) is 6.42. The van der Waals surface area contributed by atoms with Gasteiger partial charge in [-0.3, -0.25) is 25.3 Å². The lowest BCUT2D eigenvalue weighted by Gasteiger charge is -2.19. The summed E-state index contributed by atoms with van der Waals surface area (Å²) in [5.41, 5.74) is 8.29. The summed E-state index contributed by atoms with van der Waals surface area (Å²) in [5, 5.41) is 7.67. The van der Waals surface area contributed by atoms with E-state index in [0.29, 0.717) is 22.2 Å². The zero-order chi connectivity index (χ0) is 23.4. The van der Waals surface area contributed by atoms with Gasteiger partial charge in [-0.1, -0.05) is 23.7 Å². The largest absolute Gasteiger partial charge is 0.344 e. The number of hydrazine groups is 1. The first-order chi connectivity index (χ1) is 15.9. The molecule has 1 fully saturated rings. The Morgan fingerprint density at radius 2 is 2.06 bits per heavy atom. The van der Waals surface area contributed by atoms with Gasteiger partial charge in [-0.15, -0.1) is 0 Å². The summed E-state index contributed by atoms with van der Waals surface area (Å²) >= 11 is 11.3. The van der Waals surface area contributed by atoms with Crippen LogP contribution in [0, 0.1) is 10.6 Å². The van der Waals surface area contributed by atoms with E-state index >= 15 is 0 Å². The third kappa shape index (κ3) is 5.86. The normalized spacial score (nSPS) is 17.9. The first kappa shape index (κ1) is 23.6. The average molecular weight is 489 g/mol. The number of rotatable bonds is 8. The maximum atomic E-state index is 13.5. The van der Waals surface area contributed by atoms with E-state index in [0.717, 1.165) is 30.4 Å². The maximum absolute atomic E-state index is 13.5. The van der Waals surface area contributed by atoms with Crippen LogP contribution in [0.5, 0.6) is 0 Å². The molecule has 0 spiro atoms. The molecule has 1 aliphatic rings. The molecular formula is C23H26ClFN6OS. The molecule has 1 aromatic heterocycles. The topological polar surface area (TPSA) is 78.0 Å². The summed E-state index contributed by atoms with van der Waals surface area (Å²) in [6.07, 6.45) is 2.62. The SMILES string of the molecule is CN(CCCC1CC(c2cccc(F)c2)NN1)C(=O)Cn1c(-c2ccc(Cl)cc2)n[nH]c1=S. The molecule has 2 heterocycles. The summed E-state index contributed by atoms with van der Waals surface area (Å²) in [7, 11) is 1.80. The van der Waals surface area contributed by atoms with E-state index in [1.54, 1.807) is 40.8 Å². The van der Waals surface area contributed by atoms with Gasteiger partial charge < -0.3 is 4.90 Å². The summed E-state index contributed by atoms with van der Waals surface area (Å²) in [5.74, 6) is 0.329. The first-order valence-corrected chi connectivity index (χ1v) is 11.6. The second-order valence-electron chi connectivity index (χ2n) is 8.23. The van der Waals surface area contributed by atoms with Crippen LogP contribution in [0.3, 0.4) is 0 Å². The number of hydrogen-bond acceptors (Lipinski definition) is 5. The van der Waals surface area contributed by atoms with Gasteiger partial charge in [-0.05, 0) is 73.4 Å². The summed E-state index contributed by atoms with van der Waals surface area (Å²) in [6, 6.07) is 14.3. The fourth-order valence-corrected chi connectivity index (χ4v) is 4.32. The van der Waals surface area contributed by atoms with E-state index < -0.39 is 0 Å². The molecule has 1 saturated heterocycles. The van der Waals surface area contributed by atoms with Crippen LogP contribution < -0.4 is 10.9 Å². The standard InChI is InChI=1S/C23H26ClFN6OS/c1-30(11-3-6-19-13-20(27-26-19)16-4-2-5-18(25)12-16)21(32)14-31-22(28-29-23(31)33)15-7-9-17(24)10-8-15/h2,4-5,7-10,12,19-20,26-27H,3,6,11,13-14H2,1H3,(H,29,33). The van der Waals surface area contributed by atoms with E-state index in [1.807, 2.05) is 18.2 Å². The predicted molar refractivity (Wildman–Crippen MR) is 129 cm³/mol. The highest BCUT2D eigenvalue weighted by molar-refractivity contribution is 7.71. The minimum atomic E-state index is -0.227. The van der Waals surface area contributed by atoms with Crippen LogP contribution in [-0.2, 0) is 11.3 Å². The Labute approximate surface area is 201 Å². The van der Waals surface area contributed by atoms with Crippen LogP contribution in [0.2, 0.25) is 5.02 Å². The predicted octanol–water partition coefficient (Wildman–Crippen LogP) is 4.25. The monoisotopic (exact) mass is 488 g/mol. The number of likely N-dealkylation sites (N-methyl/N-ethyl adjacent to an activating group) is 1. The van der Waals surface area contributed by atoms with Crippen molar-refractivity contribution in [2.24, 2.45) is 0 Å². The smallest absolute Gasteiger partial charge is 0.242 e. The van der Waals surface area contributed by atoms with Crippen LogP contribution in [0.15, 0.2) is 48.5 Å². The average Bonchev–Trinajstić information content (AvgIpc) is 3.41. The number of amides is 1. The van der Waals surface area contributed by atoms with Crippen LogP contribution in [0.4, 0.5) is 4.39 Å². The molecule has 2 atom stereocenters. The molecule has 10 heteroatoms. The molecule has 0 aliphatic carbocycles. The van der Waals surface area contributed by atoms with Crippen molar-refractivity contribution in [3.63, 3.8) is 0 Å². The van der Waals surface area contributed by atoms with Crippen LogP contribution >= 0.6 is 23.8 Å². The van der Waals surface area contributed by atoms with Gasteiger partial charge in [0.15, 0.2) is 10.6 Å². The van der Waals surface area contributed by atoms with Crippen molar-refractivity contribution in [1.82, 2.24) is 30.5 Å². The van der Waals surface area contributed by atoms with E-state index in [9.17, 15) is 9.18 Å². The highest BCUT2D eigenvalue weighted by atomic mass is 35.5. The lowest BCUT2D eigenvalue weighted by Crippen LogP contribution is -2.33. The van der Waals surface area contributed by atoms with Crippen molar-refractivity contribution in [2.75, 3.05) is 13.6 Å². The molecular weight excluding hydrogens is 463 g/mol. The van der Waals surface area contributed by atoms with Crippen molar-refractivity contribution in [1.29, 1.82) is 0 Å². The quantitative estimate of drug-likeness (QED) is 0.413. The van der Waals surface area contributed by atoms with Gasteiger partial charge >= 0.3 is 0 Å². The number of benzene rings is 2. The fraction of sp³-hybridized carbons (Fsp3) is 0.348. The number of nitrogens with one attached hydrogen (secondary N) is 3. The van der Waals surface area contributed by atoms with Crippen LogP contribution in [-0.4, -0.2) is 45.2 Å². The highest BCUT2D eigenvalue weighted by Gasteiger charge is 2.25. The van der Waals surface area contributed by atoms with Crippen molar-refractivity contribution >= 4 is 29.7 Å². The molecule has 2 unspecified atom stereocenters. The minimum Gasteiger partial charge on any atom is -0.344 e. The van der Waals surface area contributed by atoms with Crippen LogP contribution in [0.1, 0.15) is 30.9 Å². The summed E-state index contributed by atoms with van der Waals surface area (Å²) < 4.78 is 15.6. The number of carbonyl (C=O) groups is 1. The first-order valence-electron chi connectivity index (χ1n) is 10.8. The molecule has 4 rings (SSSR count). The van der Waals surface area contributed by atoms with Gasteiger partial charge in [0, 0.05) is 36.3 Å². The van der Waals surface area contributed by atoms with Gasteiger partial charge in [0.1, 0.15) is 12.4 Å². The number of aromatic nitrogens is 3. The summed E-state index contributed by atoms with van der Waals surface area (Å²) in [6.45, 7) is 0.734. The molecule has 7 nitrogen and oxygen atoms in total. The van der Waals surface area contributed by atoms with E-state index in [1.165, 1.54) is 6.07 Å². The number of hydrogen-bond donors (Lipinski definition) is 3. The molecule has 33 heavy (non-hydrogen) atoms.